The molecule has 0 bridgehead atoms. The van der Waals surface area contributed by atoms with E-state index in [1.807, 2.05) is 43.3 Å². The Morgan fingerprint density at radius 1 is 1.21 bits per heavy atom. The molecule has 0 radical (unpaired) electrons. The van der Waals surface area contributed by atoms with Crippen LogP contribution in [0, 0.1) is 0 Å². The van der Waals surface area contributed by atoms with Gasteiger partial charge in [0.05, 0.1) is 12.3 Å². The maximum atomic E-state index is 12.4. The van der Waals surface area contributed by atoms with E-state index in [9.17, 15) is 4.79 Å². The molecule has 152 valence electrons. The minimum atomic E-state index is -0.113. The summed E-state index contributed by atoms with van der Waals surface area (Å²) < 4.78 is 7.49. The molecule has 5 nitrogen and oxygen atoms in total. The maximum Gasteiger partial charge on any atom is 0.269 e. The van der Waals surface area contributed by atoms with Crippen molar-refractivity contribution in [2.24, 2.45) is 7.05 Å². The quantitative estimate of drug-likeness (QED) is 0.399. The van der Waals surface area contributed by atoms with Gasteiger partial charge in [-0.2, -0.15) is 5.10 Å². The molecule has 1 heterocycles. The molecule has 0 unspecified atom stereocenters. The van der Waals surface area contributed by atoms with E-state index in [1.165, 1.54) is 25.7 Å². The van der Waals surface area contributed by atoms with Gasteiger partial charge in [-0.05, 0) is 49.4 Å². The minimum Gasteiger partial charge on any atom is -0.494 e. The highest BCUT2D eigenvalue weighted by atomic mass is 16.5. The summed E-state index contributed by atoms with van der Waals surface area (Å²) in [5.41, 5.74) is 2.52. The summed E-state index contributed by atoms with van der Waals surface area (Å²) in [6.07, 6.45) is 9.91. The van der Waals surface area contributed by atoms with Gasteiger partial charge in [0.25, 0.3) is 5.91 Å². The van der Waals surface area contributed by atoms with Crippen molar-refractivity contribution in [2.45, 2.75) is 58.4 Å². The number of nitrogens with one attached hydrogen (secondary N) is 1. The van der Waals surface area contributed by atoms with Gasteiger partial charge in [-0.15, -0.1) is 6.58 Å². The fourth-order valence-electron chi connectivity index (χ4n) is 3.04. The Kier molecular flexibility index (Phi) is 9.32. The first-order valence-corrected chi connectivity index (χ1v) is 10.3. The number of aryl methyl sites for hydroxylation is 2. The average molecular weight is 384 g/mol. The molecular weight excluding hydrogens is 350 g/mol. The van der Waals surface area contributed by atoms with Gasteiger partial charge >= 0.3 is 0 Å². The first-order valence-electron chi connectivity index (χ1n) is 10.3. The van der Waals surface area contributed by atoms with Crippen LogP contribution in [0.3, 0.4) is 0 Å². The second kappa shape index (κ2) is 12.0. The van der Waals surface area contributed by atoms with E-state index in [0.29, 0.717) is 12.2 Å². The molecule has 0 fully saturated rings. The van der Waals surface area contributed by atoms with Gasteiger partial charge in [0.2, 0.25) is 0 Å². The summed E-state index contributed by atoms with van der Waals surface area (Å²) in [7, 11) is 1.79. The molecule has 1 aromatic heterocycles. The Morgan fingerprint density at radius 2 is 2.00 bits per heavy atom. The Bertz CT molecular complexity index is 752. The molecular formula is C23H33N3O2. The van der Waals surface area contributed by atoms with Crippen LogP contribution in [0.5, 0.6) is 5.75 Å². The van der Waals surface area contributed by atoms with Crippen LogP contribution in [0.4, 0.5) is 0 Å². The first-order chi connectivity index (χ1) is 13.6. The number of amides is 1. The average Bonchev–Trinajstić information content (AvgIpc) is 3.09. The number of hydrogen-bond donors (Lipinski definition) is 1. The van der Waals surface area contributed by atoms with Crippen LogP contribution in [0.15, 0.2) is 43.0 Å². The van der Waals surface area contributed by atoms with Crippen LogP contribution in [0.25, 0.3) is 0 Å². The molecule has 1 amide bonds. The lowest BCUT2D eigenvalue weighted by Gasteiger charge is -2.09. The highest BCUT2D eigenvalue weighted by molar-refractivity contribution is 5.92. The molecule has 0 aliphatic rings. The maximum absolute atomic E-state index is 12.4. The second-order valence-corrected chi connectivity index (χ2v) is 7.02. The number of aromatic nitrogens is 2. The Labute approximate surface area is 168 Å². The SMILES string of the molecule is C=CCCCCCCCOc1cccc(CNC(=O)c2cc(CC)nn2C)c1. The lowest BCUT2D eigenvalue weighted by molar-refractivity contribution is 0.0941. The van der Waals surface area contributed by atoms with Crippen molar-refractivity contribution in [1.29, 1.82) is 0 Å². The van der Waals surface area contributed by atoms with Gasteiger partial charge in [0.1, 0.15) is 11.4 Å². The van der Waals surface area contributed by atoms with Crippen molar-refractivity contribution in [2.75, 3.05) is 6.61 Å². The van der Waals surface area contributed by atoms with E-state index in [4.69, 9.17) is 4.74 Å². The van der Waals surface area contributed by atoms with Crippen molar-refractivity contribution < 1.29 is 9.53 Å². The van der Waals surface area contributed by atoms with Crippen LogP contribution < -0.4 is 10.1 Å². The summed E-state index contributed by atoms with van der Waals surface area (Å²) in [5, 5.41) is 7.28. The molecule has 0 atom stereocenters. The van der Waals surface area contributed by atoms with Gasteiger partial charge in [0.15, 0.2) is 0 Å². The van der Waals surface area contributed by atoms with E-state index in [1.54, 1.807) is 11.7 Å². The smallest absolute Gasteiger partial charge is 0.269 e. The molecule has 2 aromatic rings. The summed E-state index contributed by atoms with van der Waals surface area (Å²) in [6, 6.07) is 9.75. The number of rotatable bonds is 13. The molecule has 2 rings (SSSR count). The van der Waals surface area contributed by atoms with Crippen LogP contribution in [-0.4, -0.2) is 22.3 Å². The van der Waals surface area contributed by atoms with Gasteiger partial charge < -0.3 is 10.1 Å². The first kappa shape index (κ1) is 21.7. The van der Waals surface area contributed by atoms with Crippen LogP contribution in [0.1, 0.15) is 67.2 Å². The van der Waals surface area contributed by atoms with Crippen molar-refractivity contribution >= 4 is 5.91 Å². The minimum absolute atomic E-state index is 0.113. The zero-order valence-electron chi connectivity index (χ0n) is 17.2. The fraction of sp³-hybridized carbons (Fsp3) is 0.478. The Morgan fingerprint density at radius 3 is 2.75 bits per heavy atom. The summed E-state index contributed by atoms with van der Waals surface area (Å²) in [6.45, 7) is 6.97. The molecule has 0 saturated heterocycles. The predicted molar refractivity (Wildman–Crippen MR) is 114 cm³/mol. The zero-order chi connectivity index (χ0) is 20.2. The summed E-state index contributed by atoms with van der Waals surface area (Å²) in [5.74, 6) is 0.740. The number of unbranched alkanes of at least 4 members (excludes halogenated alkanes) is 5. The lowest BCUT2D eigenvalue weighted by Crippen LogP contribution is -2.25. The third kappa shape index (κ3) is 7.22. The van der Waals surface area contributed by atoms with Gasteiger partial charge in [0, 0.05) is 13.6 Å². The van der Waals surface area contributed by atoms with E-state index >= 15 is 0 Å². The van der Waals surface area contributed by atoms with Crippen LogP contribution in [-0.2, 0) is 20.0 Å². The normalized spacial score (nSPS) is 10.6. The molecule has 0 aliphatic heterocycles. The standard InChI is InChI=1S/C23H33N3O2/c1-4-6-7-8-9-10-11-15-28-21-14-12-13-19(16-21)18-24-23(27)22-17-20(5-2)25-26(22)3/h4,12-14,16-17H,1,5-11,15,18H2,2-3H3,(H,24,27). The van der Waals surface area contributed by atoms with Crippen LogP contribution in [0.2, 0.25) is 0 Å². The molecule has 1 N–H and O–H groups in total. The van der Waals surface area contributed by atoms with Crippen LogP contribution >= 0.6 is 0 Å². The fourth-order valence-corrected chi connectivity index (χ4v) is 3.04. The molecule has 0 saturated carbocycles. The van der Waals surface area contributed by atoms with Crippen molar-refractivity contribution in [3.05, 3.63) is 59.9 Å². The molecule has 0 aliphatic carbocycles. The van der Waals surface area contributed by atoms with Gasteiger partial charge in [-0.3, -0.25) is 9.48 Å². The monoisotopic (exact) mass is 383 g/mol. The number of carbonyl (C=O) groups is 1. The highest BCUT2D eigenvalue weighted by Crippen LogP contribution is 2.15. The number of hydrogen-bond acceptors (Lipinski definition) is 3. The second-order valence-electron chi connectivity index (χ2n) is 7.02. The molecule has 5 heteroatoms. The Balaban J connectivity index is 1.72. The summed E-state index contributed by atoms with van der Waals surface area (Å²) >= 11 is 0. The third-order valence-electron chi connectivity index (χ3n) is 4.70. The number of carbonyl (C=O) groups excluding carboxylic acids is 1. The van der Waals surface area contributed by atoms with Crippen molar-refractivity contribution in [3.63, 3.8) is 0 Å². The van der Waals surface area contributed by atoms with E-state index in [-0.39, 0.29) is 5.91 Å². The zero-order valence-corrected chi connectivity index (χ0v) is 17.2. The van der Waals surface area contributed by atoms with E-state index in [0.717, 1.165) is 42.9 Å². The third-order valence-corrected chi connectivity index (χ3v) is 4.70. The molecule has 1 aromatic carbocycles. The number of allylic oxidation sites excluding steroid dienone is 1. The number of ether oxygens (including phenoxy) is 1. The Hall–Kier alpha value is -2.56. The predicted octanol–water partition coefficient (Wildman–Crippen LogP) is 4.82. The van der Waals surface area contributed by atoms with Crippen molar-refractivity contribution in [1.82, 2.24) is 15.1 Å². The lowest BCUT2D eigenvalue weighted by atomic mass is 10.1. The van der Waals surface area contributed by atoms with E-state index < -0.39 is 0 Å². The van der Waals surface area contributed by atoms with Gasteiger partial charge in [-0.1, -0.05) is 44.4 Å². The number of benzene rings is 1. The van der Waals surface area contributed by atoms with Gasteiger partial charge in [-0.25, -0.2) is 0 Å². The highest BCUT2D eigenvalue weighted by Gasteiger charge is 2.12. The molecule has 28 heavy (non-hydrogen) atoms. The molecule has 0 spiro atoms. The van der Waals surface area contributed by atoms with E-state index in [2.05, 4.69) is 17.0 Å². The summed E-state index contributed by atoms with van der Waals surface area (Å²) in [4.78, 5) is 12.4. The number of nitrogens with zero attached hydrogens (tertiary/aromatic N) is 2. The van der Waals surface area contributed by atoms with Crippen molar-refractivity contribution in [3.8, 4) is 5.75 Å². The topological polar surface area (TPSA) is 56.1 Å². The largest absolute Gasteiger partial charge is 0.494 e.